The monoisotopic (exact) mass is 314 g/mol. The SMILES string of the molecule is CC(C)(C)CCCCC1(C(=O)OC(C)(C)CC(C)(C)C)OO1. The Balaban J connectivity index is 2.44. The first-order chi connectivity index (χ1) is 9.75. The minimum Gasteiger partial charge on any atom is -0.456 e. The molecule has 1 saturated heterocycles. The van der Waals surface area contributed by atoms with Crippen molar-refractivity contribution < 1.29 is 19.3 Å². The summed E-state index contributed by atoms with van der Waals surface area (Å²) in [5.41, 5.74) is -0.119. The van der Waals surface area contributed by atoms with Gasteiger partial charge in [0, 0.05) is 6.42 Å². The third-order valence-electron chi connectivity index (χ3n) is 3.60. The fourth-order valence-corrected chi connectivity index (χ4v) is 2.96. The highest BCUT2D eigenvalue weighted by molar-refractivity contribution is 5.79. The van der Waals surface area contributed by atoms with Crippen LogP contribution in [0.25, 0.3) is 0 Å². The third kappa shape index (κ3) is 7.10. The van der Waals surface area contributed by atoms with Crippen molar-refractivity contribution in [3.8, 4) is 0 Å². The molecule has 0 spiro atoms. The average molecular weight is 314 g/mol. The Morgan fingerprint density at radius 3 is 1.86 bits per heavy atom. The van der Waals surface area contributed by atoms with E-state index in [0.717, 1.165) is 25.7 Å². The quantitative estimate of drug-likeness (QED) is 0.287. The van der Waals surface area contributed by atoms with Gasteiger partial charge in [-0.05, 0) is 43.9 Å². The molecule has 0 aliphatic carbocycles. The van der Waals surface area contributed by atoms with Crippen LogP contribution in [0.2, 0.25) is 0 Å². The van der Waals surface area contributed by atoms with Gasteiger partial charge in [0.05, 0.1) is 0 Å². The van der Waals surface area contributed by atoms with Gasteiger partial charge in [-0.1, -0.05) is 48.0 Å². The molecule has 22 heavy (non-hydrogen) atoms. The molecule has 0 aromatic heterocycles. The number of unbranched alkanes of at least 4 members (excludes halogenated alkanes) is 1. The minimum atomic E-state index is -1.15. The lowest BCUT2D eigenvalue weighted by molar-refractivity contribution is -0.167. The van der Waals surface area contributed by atoms with E-state index in [2.05, 4.69) is 41.5 Å². The van der Waals surface area contributed by atoms with Crippen LogP contribution in [-0.4, -0.2) is 17.4 Å². The lowest BCUT2D eigenvalue weighted by atomic mass is 9.83. The summed E-state index contributed by atoms with van der Waals surface area (Å²) in [6.45, 7) is 16.9. The van der Waals surface area contributed by atoms with Gasteiger partial charge in [-0.25, -0.2) is 4.79 Å². The maximum Gasteiger partial charge on any atom is 0.373 e. The van der Waals surface area contributed by atoms with Gasteiger partial charge in [0.2, 0.25) is 0 Å². The van der Waals surface area contributed by atoms with Crippen LogP contribution in [-0.2, 0) is 19.3 Å². The van der Waals surface area contributed by atoms with Gasteiger partial charge in [0.1, 0.15) is 5.60 Å². The highest BCUT2D eigenvalue weighted by Crippen LogP contribution is 2.39. The zero-order valence-electron chi connectivity index (χ0n) is 15.7. The Labute approximate surface area is 135 Å². The van der Waals surface area contributed by atoms with E-state index in [0.29, 0.717) is 11.8 Å². The number of carbonyl (C=O) groups excluding carboxylic acids is 1. The first kappa shape index (κ1) is 19.4. The van der Waals surface area contributed by atoms with Crippen LogP contribution >= 0.6 is 0 Å². The van der Waals surface area contributed by atoms with Crippen LogP contribution in [0.15, 0.2) is 0 Å². The van der Waals surface area contributed by atoms with Gasteiger partial charge in [0.15, 0.2) is 0 Å². The maximum absolute atomic E-state index is 12.3. The molecular formula is C18H34O4. The fourth-order valence-electron chi connectivity index (χ4n) is 2.96. The van der Waals surface area contributed by atoms with Crippen LogP contribution in [0.3, 0.4) is 0 Å². The predicted molar refractivity (Wildman–Crippen MR) is 87.1 cm³/mol. The summed E-state index contributed by atoms with van der Waals surface area (Å²) >= 11 is 0. The topological polar surface area (TPSA) is 51.4 Å². The molecule has 0 amide bonds. The molecule has 0 aromatic rings. The number of esters is 1. The molecule has 0 radical (unpaired) electrons. The van der Waals surface area contributed by atoms with Crippen molar-refractivity contribution >= 4 is 5.97 Å². The molecule has 0 unspecified atom stereocenters. The molecule has 0 bridgehead atoms. The third-order valence-corrected chi connectivity index (χ3v) is 3.60. The Morgan fingerprint density at radius 2 is 1.45 bits per heavy atom. The molecule has 1 rings (SSSR count). The molecule has 1 fully saturated rings. The standard InChI is InChI=1S/C18H34O4/c1-15(2,3)11-9-10-12-18(21-22-18)14(19)20-17(7,8)13-16(4,5)6/h9-13H2,1-8H3. The second kappa shape index (κ2) is 6.48. The number of rotatable bonds is 7. The van der Waals surface area contributed by atoms with Gasteiger partial charge in [-0.3, -0.25) is 0 Å². The van der Waals surface area contributed by atoms with E-state index in [1.807, 2.05) is 13.8 Å². The molecule has 0 saturated carbocycles. The Bertz CT molecular complexity index is 381. The van der Waals surface area contributed by atoms with E-state index in [-0.39, 0.29) is 5.41 Å². The molecular weight excluding hydrogens is 280 g/mol. The Morgan fingerprint density at radius 1 is 0.909 bits per heavy atom. The van der Waals surface area contributed by atoms with Crippen molar-refractivity contribution in [2.24, 2.45) is 10.8 Å². The Hall–Kier alpha value is -0.610. The van der Waals surface area contributed by atoms with Crippen molar-refractivity contribution in [1.29, 1.82) is 0 Å². The van der Waals surface area contributed by atoms with Crippen LogP contribution < -0.4 is 0 Å². The molecule has 4 heteroatoms. The van der Waals surface area contributed by atoms with Gasteiger partial charge in [0.25, 0.3) is 0 Å². The van der Waals surface area contributed by atoms with Crippen LogP contribution in [0, 0.1) is 10.8 Å². The summed E-state index contributed by atoms with van der Waals surface area (Å²) < 4.78 is 5.65. The van der Waals surface area contributed by atoms with E-state index >= 15 is 0 Å². The first-order valence-corrected chi connectivity index (χ1v) is 8.35. The van der Waals surface area contributed by atoms with Crippen molar-refractivity contribution in [3.63, 3.8) is 0 Å². The first-order valence-electron chi connectivity index (χ1n) is 8.35. The van der Waals surface area contributed by atoms with E-state index < -0.39 is 17.4 Å². The normalized spacial score (nSPS) is 18.2. The zero-order valence-corrected chi connectivity index (χ0v) is 15.7. The van der Waals surface area contributed by atoms with E-state index in [1.54, 1.807) is 0 Å². The fraction of sp³-hybridized carbons (Fsp3) is 0.944. The van der Waals surface area contributed by atoms with Crippen molar-refractivity contribution in [3.05, 3.63) is 0 Å². The number of hydrogen-bond acceptors (Lipinski definition) is 4. The summed E-state index contributed by atoms with van der Waals surface area (Å²) in [6, 6.07) is 0. The molecule has 0 N–H and O–H groups in total. The molecule has 0 atom stereocenters. The van der Waals surface area contributed by atoms with Crippen LogP contribution in [0.5, 0.6) is 0 Å². The van der Waals surface area contributed by atoms with E-state index in [4.69, 9.17) is 14.5 Å². The lowest BCUT2D eigenvalue weighted by Gasteiger charge is -2.32. The van der Waals surface area contributed by atoms with Gasteiger partial charge < -0.3 is 4.74 Å². The largest absolute Gasteiger partial charge is 0.456 e. The van der Waals surface area contributed by atoms with Gasteiger partial charge in [-0.15, -0.1) is 0 Å². The highest BCUT2D eigenvalue weighted by atomic mass is 17.4. The highest BCUT2D eigenvalue weighted by Gasteiger charge is 2.58. The molecule has 1 aliphatic rings. The second-order valence-electron chi connectivity index (χ2n) is 9.57. The van der Waals surface area contributed by atoms with Crippen molar-refractivity contribution in [1.82, 2.24) is 0 Å². The summed E-state index contributed by atoms with van der Waals surface area (Å²) in [5, 5.41) is 0. The summed E-state index contributed by atoms with van der Waals surface area (Å²) in [5.74, 6) is -1.54. The smallest absolute Gasteiger partial charge is 0.373 e. The zero-order chi connectivity index (χ0) is 17.2. The molecule has 0 aromatic carbocycles. The molecule has 1 aliphatic heterocycles. The van der Waals surface area contributed by atoms with Gasteiger partial charge >= 0.3 is 11.8 Å². The van der Waals surface area contributed by atoms with Crippen molar-refractivity contribution in [2.75, 3.05) is 0 Å². The summed E-state index contributed by atoms with van der Waals surface area (Å²) in [6.07, 6.45) is 4.41. The predicted octanol–water partition coefficient (Wildman–Crippen LogP) is 5.01. The lowest BCUT2D eigenvalue weighted by Crippen LogP contribution is -2.38. The molecule has 130 valence electrons. The summed E-state index contributed by atoms with van der Waals surface area (Å²) in [4.78, 5) is 22.3. The van der Waals surface area contributed by atoms with Gasteiger partial charge in [-0.2, -0.15) is 9.78 Å². The Kier molecular flexibility index (Phi) is 5.73. The number of ether oxygens (including phenoxy) is 1. The average Bonchev–Trinajstić information content (AvgIpc) is 2.99. The summed E-state index contributed by atoms with van der Waals surface area (Å²) in [7, 11) is 0. The van der Waals surface area contributed by atoms with E-state index in [9.17, 15) is 4.79 Å². The van der Waals surface area contributed by atoms with Crippen LogP contribution in [0.1, 0.15) is 87.5 Å². The van der Waals surface area contributed by atoms with Crippen molar-refractivity contribution in [2.45, 2.75) is 98.9 Å². The number of hydrogen-bond donors (Lipinski definition) is 0. The van der Waals surface area contributed by atoms with Crippen LogP contribution in [0.4, 0.5) is 0 Å². The molecule has 4 nitrogen and oxygen atoms in total. The number of carbonyl (C=O) groups is 1. The second-order valence-corrected chi connectivity index (χ2v) is 9.57. The minimum absolute atomic E-state index is 0.0922. The molecule has 1 heterocycles. The maximum atomic E-state index is 12.3. The van der Waals surface area contributed by atoms with E-state index in [1.165, 1.54) is 0 Å².